The molecule has 0 bridgehead atoms. The van der Waals surface area contributed by atoms with Gasteiger partial charge in [-0.25, -0.2) is 0 Å². The predicted molar refractivity (Wildman–Crippen MR) is 76.2 cm³/mol. The standard InChI is InChI=1S/C15H26N2O3/c1-10(2)9-13-15(19)17(11(3)14(18)16-13)7-6-12-5-4-8-20-12/h10-13H,4-9H2,1-3H3,(H,16,18). The van der Waals surface area contributed by atoms with Crippen LogP contribution in [0.15, 0.2) is 0 Å². The Morgan fingerprint density at radius 3 is 2.75 bits per heavy atom. The van der Waals surface area contributed by atoms with E-state index >= 15 is 0 Å². The van der Waals surface area contributed by atoms with Crippen molar-refractivity contribution in [2.24, 2.45) is 5.92 Å². The summed E-state index contributed by atoms with van der Waals surface area (Å²) in [6.45, 7) is 7.37. The van der Waals surface area contributed by atoms with E-state index in [1.54, 1.807) is 11.8 Å². The molecule has 2 aliphatic rings. The second kappa shape index (κ2) is 6.57. The van der Waals surface area contributed by atoms with Gasteiger partial charge in [-0.15, -0.1) is 0 Å². The first-order valence-corrected chi connectivity index (χ1v) is 7.71. The molecular formula is C15H26N2O3. The zero-order valence-corrected chi connectivity index (χ0v) is 12.7. The van der Waals surface area contributed by atoms with Crippen molar-refractivity contribution < 1.29 is 14.3 Å². The van der Waals surface area contributed by atoms with E-state index in [1.165, 1.54) is 0 Å². The number of nitrogens with one attached hydrogen (secondary N) is 1. The van der Waals surface area contributed by atoms with E-state index in [4.69, 9.17) is 4.74 Å². The van der Waals surface area contributed by atoms with Crippen molar-refractivity contribution in [1.29, 1.82) is 0 Å². The van der Waals surface area contributed by atoms with Gasteiger partial charge in [-0.3, -0.25) is 9.59 Å². The van der Waals surface area contributed by atoms with Crippen LogP contribution in [0.3, 0.4) is 0 Å². The minimum atomic E-state index is -0.368. The van der Waals surface area contributed by atoms with Gasteiger partial charge in [0, 0.05) is 13.2 Å². The Morgan fingerprint density at radius 1 is 1.40 bits per heavy atom. The molecule has 0 saturated carbocycles. The van der Waals surface area contributed by atoms with E-state index in [1.807, 2.05) is 0 Å². The van der Waals surface area contributed by atoms with Crippen LogP contribution in [0.2, 0.25) is 0 Å². The van der Waals surface area contributed by atoms with Crippen LogP contribution in [-0.4, -0.2) is 48.1 Å². The number of rotatable bonds is 5. The van der Waals surface area contributed by atoms with Crippen molar-refractivity contribution in [2.45, 2.75) is 64.6 Å². The molecule has 2 fully saturated rings. The van der Waals surface area contributed by atoms with Crippen molar-refractivity contribution in [1.82, 2.24) is 10.2 Å². The Balaban J connectivity index is 1.95. The third-order valence-electron chi connectivity index (χ3n) is 4.17. The van der Waals surface area contributed by atoms with E-state index in [0.717, 1.165) is 25.9 Å². The van der Waals surface area contributed by atoms with Crippen LogP contribution in [0.1, 0.15) is 46.5 Å². The highest BCUT2D eigenvalue weighted by Gasteiger charge is 2.38. The Kier molecular flexibility index (Phi) is 5.02. The lowest BCUT2D eigenvalue weighted by Gasteiger charge is -2.38. The molecule has 3 atom stereocenters. The van der Waals surface area contributed by atoms with Crippen LogP contribution in [0.25, 0.3) is 0 Å². The van der Waals surface area contributed by atoms with E-state index < -0.39 is 0 Å². The van der Waals surface area contributed by atoms with E-state index in [9.17, 15) is 9.59 Å². The number of amides is 2. The summed E-state index contributed by atoms with van der Waals surface area (Å²) >= 11 is 0. The molecule has 2 heterocycles. The number of carbonyl (C=O) groups is 2. The third-order valence-corrected chi connectivity index (χ3v) is 4.17. The molecule has 0 spiro atoms. The fourth-order valence-electron chi connectivity index (χ4n) is 2.98. The van der Waals surface area contributed by atoms with Gasteiger partial charge in [0.25, 0.3) is 0 Å². The number of piperazine rings is 1. The van der Waals surface area contributed by atoms with Crippen molar-refractivity contribution in [2.75, 3.05) is 13.2 Å². The summed E-state index contributed by atoms with van der Waals surface area (Å²) in [6.07, 6.45) is 3.96. The van der Waals surface area contributed by atoms with Gasteiger partial charge >= 0.3 is 0 Å². The molecule has 114 valence electrons. The monoisotopic (exact) mass is 282 g/mol. The maximum absolute atomic E-state index is 12.5. The maximum atomic E-state index is 12.5. The summed E-state index contributed by atoms with van der Waals surface area (Å²) in [6, 6.07) is -0.726. The molecule has 2 aliphatic heterocycles. The van der Waals surface area contributed by atoms with Gasteiger partial charge in [-0.2, -0.15) is 0 Å². The topological polar surface area (TPSA) is 58.6 Å². The lowest BCUT2D eigenvalue weighted by Crippen LogP contribution is -2.62. The first-order valence-electron chi connectivity index (χ1n) is 7.71. The lowest BCUT2D eigenvalue weighted by molar-refractivity contribution is -0.149. The molecule has 2 amide bonds. The van der Waals surface area contributed by atoms with Crippen LogP contribution >= 0.6 is 0 Å². The van der Waals surface area contributed by atoms with E-state index in [0.29, 0.717) is 18.9 Å². The summed E-state index contributed by atoms with van der Waals surface area (Å²) in [5.41, 5.74) is 0. The molecule has 1 N–H and O–H groups in total. The van der Waals surface area contributed by atoms with Crippen molar-refractivity contribution in [3.63, 3.8) is 0 Å². The molecule has 20 heavy (non-hydrogen) atoms. The molecule has 0 aliphatic carbocycles. The summed E-state index contributed by atoms with van der Waals surface area (Å²) in [5, 5.41) is 2.84. The van der Waals surface area contributed by atoms with Crippen molar-refractivity contribution >= 4 is 11.8 Å². The van der Waals surface area contributed by atoms with Crippen LogP contribution < -0.4 is 5.32 Å². The molecule has 5 heteroatoms. The fourth-order valence-corrected chi connectivity index (χ4v) is 2.98. The zero-order chi connectivity index (χ0) is 14.7. The van der Waals surface area contributed by atoms with Gasteiger partial charge in [0.1, 0.15) is 12.1 Å². The second-order valence-electron chi connectivity index (χ2n) is 6.32. The lowest BCUT2D eigenvalue weighted by atomic mass is 9.98. The van der Waals surface area contributed by atoms with Gasteiger partial charge in [0.15, 0.2) is 0 Å². The largest absolute Gasteiger partial charge is 0.378 e. The molecule has 2 rings (SSSR count). The number of carbonyl (C=O) groups excluding carboxylic acids is 2. The van der Waals surface area contributed by atoms with E-state index in [2.05, 4.69) is 19.2 Å². The number of hydrogen-bond donors (Lipinski definition) is 1. The molecule has 0 aromatic rings. The molecule has 0 aromatic heterocycles. The first kappa shape index (κ1) is 15.3. The van der Waals surface area contributed by atoms with Gasteiger partial charge in [-0.05, 0) is 38.5 Å². The Hall–Kier alpha value is -1.10. The van der Waals surface area contributed by atoms with Crippen LogP contribution in [0.4, 0.5) is 0 Å². The van der Waals surface area contributed by atoms with Crippen LogP contribution in [0, 0.1) is 5.92 Å². The highest BCUT2D eigenvalue weighted by molar-refractivity contribution is 5.96. The quantitative estimate of drug-likeness (QED) is 0.827. The maximum Gasteiger partial charge on any atom is 0.245 e. The van der Waals surface area contributed by atoms with Gasteiger partial charge in [0.2, 0.25) is 11.8 Å². The molecular weight excluding hydrogens is 256 g/mol. The molecule has 2 saturated heterocycles. The average Bonchev–Trinajstić information content (AvgIpc) is 2.88. The van der Waals surface area contributed by atoms with Gasteiger partial charge in [0.05, 0.1) is 6.10 Å². The number of nitrogens with zero attached hydrogens (tertiary/aromatic N) is 1. The van der Waals surface area contributed by atoms with Crippen molar-refractivity contribution in [3.8, 4) is 0 Å². The third kappa shape index (κ3) is 3.51. The number of hydrogen-bond acceptors (Lipinski definition) is 3. The summed E-state index contributed by atoms with van der Waals surface area (Å²) in [7, 11) is 0. The zero-order valence-electron chi connectivity index (χ0n) is 12.7. The first-order chi connectivity index (χ1) is 9.49. The molecule has 0 radical (unpaired) electrons. The van der Waals surface area contributed by atoms with Gasteiger partial charge < -0.3 is 15.0 Å². The normalized spacial score (nSPS) is 31.0. The second-order valence-corrected chi connectivity index (χ2v) is 6.32. The predicted octanol–water partition coefficient (Wildman–Crippen LogP) is 1.32. The summed E-state index contributed by atoms with van der Waals surface area (Å²) < 4.78 is 5.59. The highest BCUT2D eigenvalue weighted by Crippen LogP contribution is 2.19. The fraction of sp³-hybridized carbons (Fsp3) is 0.867. The SMILES string of the molecule is CC(C)CC1NC(=O)C(C)N(CCC2CCCO2)C1=O. The average molecular weight is 282 g/mol. The molecule has 3 unspecified atom stereocenters. The Morgan fingerprint density at radius 2 is 2.15 bits per heavy atom. The molecule has 5 nitrogen and oxygen atoms in total. The Labute approximate surface area is 121 Å². The molecule has 0 aromatic carbocycles. The highest BCUT2D eigenvalue weighted by atomic mass is 16.5. The van der Waals surface area contributed by atoms with Crippen molar-refractivity contribution in [3.05, 3.63) is 0 Å². The summed E-state index contributed by atoms with van der Waals surface area (Å²) in [5.74, 6) is 0.407. The minimum Gasteiger partial charge on any atom is -0.378 e. The van der Waals surface area contributed by atoms with Crippen LogP contribution in [-0.2, 0) is 14.3 Å². The minimum absolute atomic E-state index is 0.0393. The van der Waals surface area contributed by atoms with Crippen LogP contribution in [0.5, 0.6) is 0 Å². The number of ether oxygens (including phenoxy) is 1. The Bertz CT molecular complexity index is 364. The van der Waals surface area contributed by atoms with E-state index in [-0.39, 0.29) is 30.0 Å². The van der Waals surface area contributed by atoms with Gasteiger partial charge in [-0.1, -0.05) is 13.8 Å². The smallest absolute Gasteiger partial charge is 0.245 e. The summed E-state index contributed by atoms with van der Waals surface area (Å²) in [4.78, 5) is 26.2.